The predicted octanol–water partition coefficient (Wildman–Crippen LogP) is 4.98. The first-order valence-electron chi connectivity index (χ1n) is 9.17. The summed E-state index contributed by atoms with van der Waals surface area (Å²) in [5.41, 5.74) is 1.75. The molecule has 0 heterocycles. The number of hydrogen-bond donors (Lipinski definition) is 2. The Labute approximate surface area is 174 Å². The highest BCUT2D eigenvalue weighted by atomic mass is 16.5. The van der Waals surface area contributed by atoms with Crippen LogP contribution in [0, 0.1) is 11.3 Å². The second-order valence-corrected chi connectivity index (χ2v) is 6.37. The smallest absolute Gasteiger partial charge is 0.266 e. The van der Waals surface area contributed by atoms with Crippen LogP contribution in [0.25, 0.3) is 6.08 Å². The third-order valence-corrected chi connectivity index (χ3v) is 3.98. The van der Waals surface area contributed by atoms with Crippen LogP contribution in [-0.4, -0.2) is 11.8 Å². The lowest BCUT2D eigenvalue weighted by Gasteiger charge is -2.07. The van der Waals surface area contributed by atoms with Crippen LogP contribution in [0.4, 0.5) is 11.4 Å². The van der Waals surface area contributed by atoms with Crippen molar-refractivity contribution in [2.24, 2.45) is 0 Å². The molecule has 0 aliphatic carbocycles. The molecular formula is C24H19N3O3. The van der Waals surface area contributed by atoms with E-state index >= 15 is 0 Å². The molecule has 0 aliphatic heterocycles. The van der Waals surface area contributed by atoms with Crippen LogP contribution in [0.2, 0.25) is 0 Å². The number of carbonyl (C=O) groups excluding carboxylic acids is 2. The van der Waals surface area contributed by atoms with Gasteiger partial charge in [0.05, 0.1) is 0 Å². The molecule has 0 saturated heterocycles. The molecule has 0 radical (unpaired) electrons. The molecule has 3 rings (SSSR count). The third kappa shape index (κ3) is 5.81. The van der Waals surface area contributed by atoms with Crippen molar-refractivity contribution in [2.75, 3.05) is 10.6 Å². The van der Waals surface area contributed by atoms with E-state index in [0.717, 1.165) is 0 Å². The van der Waals surface area contributed by atoms with Gasteiger partial charge in [0.1, 0.15) is 23.1 Å². The van der Waals surface area contributed by atoms with Crippen molar-refractivity contribution >= 4 is 29.3 Å². The van der Waals surface area contributed by atoms with Gasteiger partial charge in [-0.2, -0.15) is 5.26 Å². The molecule has 0 atom stereocenters. The Balaban J connectivity index is 1.72. The number of hydrogen-bond acceptors (Lipinski definition) is 4. The van der Waals surface area contributed by atoms with Crippen LogP contribution in [0.5, 0.6) is 11.5 Å². The van der Waals surface area contributed by atoms with Crippen LogP contribution in [0.1, 0.15) is 12.5 Å². The van der Waals surface area contributed by atoms with Gasteiger partial charge in [-0.1, -0.05) is 30.3 Å². The first-order chi connectivity index (χ1) is 14.5. The van der Waals surface area contributed by atoms with E-state index in [1.54, 1.807) is 48.5 Å². The maximum Gasteiger partial charge on any atom is 0.266 e. The van der Waals surface area contributed by atoms with E-state index in [1.165, 1.54) is 13.0 Å². The summed E-state index contributed by atoms with van der Waals surface area (Å²) < 4.78 is 5.79. The van der Waals surface area contributed by atoms with Gasteiger partial charge in [-0.25, -0.2) is 0 Å². The highest BCUT2D eigenvalue weighted by Crippen LogP contribution is 2.23. The highest BCUT2D eigenvalue weighted by Gasteiger charge is 2.10. The van der Waals surface area contributed by atoms with Crippen molar-refractivity contribution < 1.29 is 14.3 Å². The molecule has 3 aromatic rings. The zero-order valence-electron chi connectivity index (χ0n) is 16.3. The number of benzene rings is 3. The van der Waals surface area contributed by atoms with E-state index in [0.29, 0.717) is 28.4 Å². The number of ether oxygens (including phenoxy) is 1. The fraction of sp³-hybridized carbons (Fsp3) is 0.0417. The largest absolute Gasteiger partial charge is 0.457 e. The maximum absolute atomic E-state index is 12.5. The van der Waals surface area contributed by atoms with Gasteiger partial charge >= 0.3 is 0 Å². The van der Waals surface area contributed by atoms with Crippen molar-refractivity contribution in [1.82, 2.24) is 0 Å². The summed E-state index contributed by atoms with van der Waals surface area (Å²) in [7, 11) is 0. The Morgan fingerprint density at radius 1 is 0.867 bits per heavy atom. The zero-order chi connectivity index (χ0) is 21.3. The molecule has 0 saturated carbocycles. The minimum absolute atomic E-state index is 0.0437. The van der Waals surface area contributed by atoms with Gasteiger partial charge in [0.25, 0.3) is 5.91 Å². The molecule has 30 heavy (non-hydrogen) atoms. The summed E-state index contributed by atoms with van der Waals surface area (Å²) in [5.74, 6) is 0.583. The van der Waals surface area contributed by atoms with E-state index in [2.05, 4.69) is 10.6 Å². The summed E-state index contributed by atoms with van der Waals surface area (Å²) in [4.78, 5) is 23.6. The van der Waals surface area contributed by atoms with Gasteiger partial charge in [0, 0.05) is 18.3 Å². The topological polar surface area (TPSA) is 91.2 Å². The SMILES string of the molecule is CC(=O)Nc1ccc(NC(=O)/C(C#N)=C/c2cccc(Oc3ccccc3)c2)cc1. The molecule has 6 heteroatoms. The summed E-state index contributed by atoms with van der Waals surface area (Å²) in [6.07, 6.45) is 1.50. The van der Waals surface area contributed by atoms with Crippen molar-refractivity contribution in [3.63, 3.8) is 0 Å². The van der Waals surface area contributed by atoms with Gasteiger partial charge in [0.2, 0.25) is 5.91 Å². The van der Waals surface area contributed by atoms with Crippen molar-refractivity contribution in [1.29, 1.82) is 5.26 Å². The molecule has 0 unspecified atom stereocenters. The number of nitrogens with one attached hydrogen (secondary N) is 2. The summed E-state index contributed by atoms with van der Waals surface area (Å²) in [6.45, 7) is 1.42. The lowest BCUT2D eigenvalue weighted by atomic mass is 10.1. The maximum atomic E-state index is 12.5. The number of amides is 2. The van der Waals surface area contributed by atoms with E-state index < -0.39 is 5.91 Å². The van der Waals surface area contributed by atoms with E-state index in [9.17, 15) is 14.9 Å². The lowest BCUT2D eigenvalue weighted by Crippen LogP contribution is -2.13. The minimum atomic E-state index is -0.529. The molecule has 0 bridgehead atoms. The van der Waals surface area contributed by atoms with Crippen LogP contribution < -0.4 is 15.4 Å². The van der Waals surface area contributed by atoms with Crippen molar-refractivity contribution in [2.45, 2.75) is 6.92 Å². The Hall–Kier alpha value is -4.37. The molecule has 3 aromatic carbocycles. The fourth-order valence-electron chi connectivity index (χ4n) is 2.65. The van der Waals surface area contributed by atoms with Gasteiger partial charge in [0.15, 0.2) is 0 Å². The molecule has 0 fully saturated rings. The van der Waals surface area contributed by atoms with E-state index in [4.69, 9.17) is 4.74 Å². The summed E-state index contributed by atoms with van der Waals surface area (Å²) in [6, 6.07) is 25.0. The first kappa shape index (κ1) is 20.4. The third-order valence-electron chi connectivity index (χ3n) is 3.98. The quantitative estimate of drug-likeness (QED) is 0.453. The normalized spacial score (nSPS) is 10.6. The molecule has 0 aliphatic rings. The number of anilines is 2. The van der Waals surface area contributed by atoms with E-state index in [1.807, 2.05) is 36.4 Å². The Morgan fingerprint density at radius 3 is 2.13 bits per heavy atom. The molecule has 148 valence electrons. The average molecular weight is 397 g/mol. The van der Waals surface area contributed by atoms with Gasteiger partial charge < -0.3 is 15.4 Å². The monoisotopic (exact) mass is 397 g/mol. The molecule has 0 spiro atoms. The van der Waals surface area contributed by atoms with Crippen molar-refractivity contribution in [3.8, 4) is 17.6 Å². The molecular weight excluding hydrogens is 378 g/mol. The minimum Gasteiger partial charge on any atom is -0.457 e. The number of para-hydroxylation sites is 1. The number of nitrogens with zero attached hydrogens (tertiary/aromatic N) is 1. The average Bonchev–Trinajstić information content (AvgIpc) is 2.74. The van der Waals surface area contributed by atoms with Gasteiger partial charge in [-0.05, 0) is 60.2 Å². The molecule has 0 aromatic heterocycles. The Bertz CT molecular complexity index is 1110. The molecule has 2 amide bonds. The second kappa shape index (κ2) is 9.71. The highest BCUT2D eigenvalue weighted by molar-refractivity contribution is 6.09. The number of carbonyl (C=O) groups is 2. The predicted molar refractivity (Wildman–Crippen MR) is 116 cm³/mol. The van der Waals surface area contributed by atoms with Crippen LogP contribution in [-0.2, 0) is 9.59 Å². The van der Waals surface area contributed by atoms with Crippen molar-refractivity contribution in [3.05, 3.63) is 90.0 Å². The van der Waals surface area contributed by atoms with Gasteiger partial charge in [-0.15, -0.1) is 0 Å². The number of nitriles is 1. The van der Waals surface area contributed by atoms with Crippen LogP contribution in [0.15, 0.2) is 84.4 Å². The molecule has 6 nitrogen and oxygen atoms in total. The zero-order valence-corrected chi connectivity index (χ0v) is 16.3. The lowest BCUT2D eigenvalue weighted by molar-refractivity contribution is -0.114. The Morgan fingerprint density at radius 2 is 1.50 bits per heavy atom. The van der Waals surface area contributed by atoms with E-state index in [-0.39, 0.29) is 11.5 Å². The van der Waals surface area contributed by atoms with Gasteiger partial charge in [-0.3, -0.25) is 9.59 Å². The number of rotatable bonds is 6. The van der Waals surface area contributed by atoms with Crippen LogP contribution >= 0.6 is 0 Å². The van der Waals surface area contributed by atoms with Crippen LogP contribution in [0.3, 0.4) is 0 Å². The first-order valence-corrected chi connectivity index (χ1v) is 9.17. The second-order valence-electron chi connectivity index (χ2n) is 6.37. The molecule has 2 N–H and O–H groups in total. The summed E-state index contributed by atoms with van der Waals surface area (Å²) in [5, 5.41) is 14.7. The Kier molecular flexibility index (Phi) is 6.59. The fourth-order valence-corrected chi connectivity index (χ4v) is 2.65. The summed E-state index contributed by atoms with van der Waals surface area (Å²) >= 11 is 0. The standard InChI is InChI=1S/C24H19N3O3/c1-17(28)26-20-10-12-21(13-11-20)27-24(29)19(16-25)14-18-6-5-9-23(15-18)30-22-7-3-2-4-8-22/h2-15H,1H3,(H,26,28)(H,27,29)/b19-14+.